The van der Waals surface area contributed by atoms with E-state index in [4.69, 9.17) is 16.3 Å². The summed E-state index contributed by atoms with van der Waals surface area (Å²) in [6.07, 6.45) is -1.46. The number of benzene rings is 2. The molecule has 4 rings (SSSR count). The minimum Gasteiger partial charge on any atom is -0.438 e. The van der Waals surface area contributed by atoms with Gasteiger partial charge < -0.3 is 4.74 Å². The Hall–Kier alpha value is -3.12. The number of aromatic nitrogens is 1. The first kappa shape index (κ1) is 19.2. The molecule has 1 aliphatic carbocycles. The van der Waals surface area contributed by atoms with Gasteiger partial charge in [0.1, 0.15) is 10.8 Å². The molecule has 1 aliphatic rings. The highest BCUT2D eigenvalue weighted by Crippen LogP contribution is 2.35. The molecule has 0 unspecified atom stereocenters. The lowest BCUT2D eigenvalue weighted by molar-refractivity contribution is -0.137. The molecule has 0 amide bonds. The van der Waals surface area contributed by atoms with Gasteiger partial charge >= 0.3 is 6.18 Å². The number of ketones is 1. The van der Waals surface area contributed by atoms with Crippen LogP contribution >= 0.6 is 11.6 Å². The molecule has 0 radical (unpaired) electrons. The van der Waals surface area contributed by atoms with E-state index in [0.29, 0.717) is 23.9 Å². The van der Waals surface area contributed by atoms with Gasteiger partial charge in [0.05, 0.1) is 5.56 Å². The molecule has 3 nitrogen and oxygen atoms in total. The van der Waals surface area contributed by atoms with Crippen molar-refractivity contribution in [2.45, 2.75) is 12.6 Å². The number of hydrogen-bond acceptors (Lipinski definition) is 3. The van der Waals surface area contributed by atoms with Crippen molar-refractivity contribution in [2.24, 2.45) is 0 Å². The molecule has 0 atom stereocenters. The summed E-state index contributed by atoms with van der Waals surface area (Å²) in [7, 11) is 0. The van der Waals surface area contributed by atoms with Crippen LogP contribution in [0.2, 0.25) is 5.02 Å². The molecule has 0 saturated heterocycles. The van der Waals surface area contributed by atoms with Gasteiger partial charge in [-0.15, -0.1) is 0 Å². The SMILES string of the molecule is O=C1C(=Cc2ccc(Oc3ncc(C(F)(F)F)cc3Cl)cc2)Cc2ccccc21. The molecular formula is C22H13ClF3NO2. The van der Waals surface area contributed by atoms with E-state index in [0.717, 1.165) is 22.8 Å². The van der Waals surface area contributed by atoms with Gasteiger partial charge in [0.2, 0.25) is 5.88 Å². The molecule has 0 bridgehead atoms. The molecule has 0 spiro atoms. The Morgan fingerprint density at radius 1 is 1.07 bits per heavy atom. The summed E-state index contributed by atoms with van der Waals surface area (Å²) >= 11 is 5.86. The number of nitrogens with zero attached hydrogens (tertiary/aromatic N) is 1. The van der Waals surface area contributed by atoms with Gasteiger partial charge in [0.15, 0.2) is 5.78 Å². The van der Waals surface area contributed by atoms with Crippen LogP contribution in [0.5, 0.6) is 11.6 Å². The molecule has 2 aromatic carbocycles. The van der Waals surface area contributed by atoms with Crippen LogP contribution in [0.25, 0.3) is 6.08 Å². The van der Waals surface area contributed by atoms with Gasteiger partial charge in [-0.05, 0) is 35.4 Å². The third-order valence-electron chi connectivity index (χ3n) is 4.50. The number of halogens is 4. The Balaban J connectivity index is 1.50. The fourth-order valence-electron chi connectivity index (χ4n) is 3.07. The van der Waals surface area contributed by atoms with Crippen LogP contribution < -0.4 is 4.74 Å². The molecular weight excluding hydrogens is 403 g/mol. The molecule has 1 aromatic heterocycles. The molecule has 0 fully saturated rings. The number of Topliss-reactive ketones (excluding diaryl/α,β-unsaturated/α-hetero) is 1. The maximum Gasteiger partial charge on any atom is 0.417 e. The summed E-state index contributed by atoms with van der Waals surface area (Å²) in [6, 6.07) is 15.0. The van der Waals surface area contributed by atoms with Crippen LogP contribution in [0.3, 0.4) is 0 Å². The third kappa shape index (κ3) is 4.03. The standard InChI is InChI=1S/C22H13ClF3NO2/c23-19-11-16(22(24,25)26)12-27-21(19)29-17-7-5-13(6-8-17)9-15-10-14-3-1-2-4-18(14)20(15)28/h1-9,11-12H,10H2. The Kier molecular flexibility index (Phi) is 4.88. The van der Waals surface area contributed by atoms with Crippen LogP contribution in [0.15, 0.2) is 66.4 Å². The Bertz CT molecular complexity index is 1120. The largest absolute Gasteiger partial charge is 0.438 e. The predicted octanol–water partition coefficient (Wildman–Crippen LogP) is 6.37. The zero-order chi connectivity index (χ0) is 20.6. The van der Waals surface area contributed by atoms with Crippen molar-refractivity contribution in [1.29, 1.82) is 0 Å². The monoisotopic (exact) mass is 415 g/mol. The van der Waals surface area contributed by atoms with Crippen LogP contribution in [0.4, 0.5) is 13.2 Å². The van der Waals surface area contributed by atoms with Crippen LogP contribution in [0.1, 0.15) is 27.0 Å². The lowest BCUT2D eigenvalue weighted by Crippen LogP contribution is -2.05. The maximum atomic E-state index is 12.7. The smallest absolute Gasteiger partial charge is 0.417 e. The zero-order valence-electron chi connectivity index (χ0n) is 14.8. The van der Waals surface area contributed by atoms with E-state index >= 15 is 0 Å². The van der Waals surface area contributed by atoms with E-state index in [1.165, 1.54) is 0 Å². The summed E-state index contributed by atoms with van der Waals surface area (Å²) < 4.78 is 43.5. The fraction of sp³-hybridized carbons (Fsp3) is 0.0909. The topological polar surface area (TPSA) is 39.2 Å². The average Bonchev–Trinajstić information content (AvgIpc) is 3.00. The summed E-state index contributed by atoms with van der Waals surface area (Å²) in [5.41, 5.74) is 2.29. The van der Waals surface area contributed by atoms with Crippen LogP contribution in [-0.2, 0) is 12.6 Å². The van der Waals surface area contributed by atoms with Gasteiger partial charge in [-0.1, -0.05) is 48.0 Å². The van der Waals surface area contributed by atoms with Crippen molar-refractivity contribution in [1.82, 2.24) is 4.98 Å². The summed E-state index contributed by atoms with van der Waals surface area (Å²) in [4.78, 5) is 16.1. The molecule has 0 N–H and O–H groups in total. The van der Waals surface area contributed by atoms with Gasteiger partial charge in [-0.2, -0.15) is 13.2 Å². The Labute approximate surface area is 169 Å². The predicted molar refractivity (Wildman–Crippen MR) is 103 cm³/mol. The van der Waals surface area contributed by atoms with Crippen LogP contribution in [0, 0.1) is 0 Å². The molecule has 0 saturated carbocycles. The highest BCUT2D eigenvalue weighted by Gasteiger charge is 2.31. The highest BCUT2D eigenvalue weighted by molar-refractivity contribution is 6.31. The molecule has 1 heterocycles. The van der Waals surface area contributed by atoms with Crippen molar-refractivity contribution in [2.75, 3.05) is 0 Å². The van der Waals surface area contributed by atoms with E-state index < -0.39 is 11.7 Å². The summed E-state index contributed by atoms with van der Waals surface area (Å²) in [5.74, 6) is 0.260. The second-order valence-electron chi connectivity index (χ2n) is 6.51. The molecule has 0 aliphatic heterocycles. The number of pyridine rings is 1. The lowest BCUT2D eigenvalue weighted by atomic mass is 10.1. The first-order chi connectivity index (χ1) is 13.8. The molecule has 146 valence electrons. The van der Waals surface area contributed by atoms with Crippen LogP contribution in [-0.4, -0.2) is 10.8 Å². The number of fused-ring (bicyclic) bond motifs is 1. The second-order valence-corrected chi connectivity index (χ2v) is 6.92. The number of carbonyl (C=O) groups excluding carboxylic acids is 1. The van der Waals surface area contributed by atoms with Gasteiger partial charge in [0.25, 0.3) is 0 Å². The molecule has 7 heteroatoms. The summed E-state index contributed by atoms with van der Waals surface area (Å²) in [6.45, 7) is 0. The minimum absolute atomic E-state index is 0.0154. The van der Waals surface area contributed by atoms with Crippen molar-refractivity contribution >= 4 is 23.5 Å². The second kappa shape index (κ2) is 7.37. The van der Waals surface area contributed by atoms with E-state index in [1.54, 1.807) is 24.3 Å². The van der Waals surface area contributed by atoms with Crippen molar-refractivity contribution in [3.8, 4) is 11.6 Å². The van der Waals surface area contributed by atoms with Gasteiger partial charge in [0, 0.05) is 23.8 Å². The quantitative estimate of drug-likeness (QED) is 0.467. The summed E-state index contributed by atoms with van der Waals surface area (Å²) in [5, 5.41) is -0.236. The number of carbonyl (C=O) groups is 1. The van der Waals surface area contributed by atoms with E-state index in [2.05, 4.69) is 4.98 Å². The Morgan fingerprint density at radius 2 is 1.79 bits per heavy atom. The number of hydrogen-bond donors (Lipinski definition) is 0. The minimum atomic E-state index is -4.53. The molecule has 29 heavy (non-hydrogen) atoms. The van der Waals surface area contributed by atoms with Gasteiger partial charge in [-0.25, -0.2) is 4.98 Å². The fourth-order valence-corrected chi connectivity index (χ4v) is 3.28. The number of allylic oxidation sites excluding steroid dienone is 1. The normalized spacial score (nSPS) is 14.9. The Morgan fingerprint density at radius 3 is 2.45 bits per heavy atom. The first-order valence-electron chi connectivity index (χ1n) is 8.65. The highest BCUT2D eigenvalue weighted by atomic mass is 35.5. The maximum absolute atomic E-state index is 12.7. The third-order valence-corrected chi connectivity index (χ3v) is 4.78. The van der Waals surface area contributed by atoms with Crippen molar-refractivity contribution in [3.05, 3.63) is 93.6 Å². The number of ether oxygens (including phenoxy) is 1. The first-order valence-corrected chi connectivity index (χ1v) is 9.03. The number of alkyl halides is 3. The van der Waals surface area contributed by atoms with Crippen molar-refractivity contribution < 1.29 is 22.7 Å². The zero-order valence-corrected chi connectivity index (χ0v) is 15.6. The molecule has 3 aromatic rings. The number of rotatable bonds is 3. The lowest BCUT2D eigenvalue weighted by Gasteiger charge is -2.10. The van der Waals surface area contributed by atoms with Gasteiger partial charge in [-0.3, -0.25) is 4.79 Å². The average molecular weight is 416 g/mol. The van der Waals surface area contributed by atoms with E-state index in [9.17, 15) is 18.0 Å². The van der Waals surface area contributed by atoms with E-state index in [1.807, 2.05) is 30.3 Å². The van der Waals surface area contributed by atoms with Crippen molar-refractivity contribution in [3.63, 3.8) is 0 Å². The van der Waals surface area contributed by atoms with E-state index in [-0.39, 0.29) is 16.7 Å².